The van der Waals surface area contributed by atoms with E-state index in [4.69, 9.17) is 4.74 Å². The second-order valence-corrected chi connectivity index (χ2v) is 10.1. The van der Waals surface area contributed by atoms with Crippen LogP contribution >= 0.6 is 11.3 Å². The van der Waals surface area contributed by atoms with Crippen molar-refractivity contribution in [2.24, 2.45) is 0 Å². The maximum absolute atomic E-state index is 13.5. The van der Waals surface area contributed by atoms with Crippen LogP contribution in [0.4, 0.5) is 13.2 Å². The molecule has 2 aromatic carbocycles. The molecule has 4 rings (SSSR count). The van der Waals surface area contributed by atoms with Gasteiger partial charge in [-0.05, 0) is 48.0 Å². The molecule has 0 spiro atoms. The van der Waals surface area contributed by atoms with Gasteiger partial charge in [0.1, 0.15) is 11.4 Å². The number of sulfone groups is 1. The summed E-state index contributed by atoms with van der Waals surface area (Å²) in [5, 5.41) is 3.80. The quantitative estimate of drug-likeness (QED) is 0.369. The first-order chi connectivity index (χ1) is 15.1. The van der Waals surface area contributed by atoms with Crippen LogP contribution < -0.4 is 4.74 Å². The molecule has 0 unspecified atom stereocenters. The highest BCUT2D eigenvalue weighted by Crippen LogP contribution is 2.39. The summed E-state index contributed by atoms with van der Waals surface area (Å²) in [6, 6.07) is 17.5. The number of hydrogen-bond acceptors (Lipinski definition) is 5. The van der Waals surface area contributed by atoms with Crippen LogP contribution in [0.15, 0.2) is 71.6 Å². The van der Waals surface area contributed by atoms with Gasteiger partial charge in [0, 0.05) is 11.1 Å². The zero-order valence-electron chi connectivity index (χ0n) is 16.9. The summed E-state index contributed by atoms with van der Waals surface area (Å²) in [7, 11) is -1.96. The van der Waals surface area contributed by atoms with Crippen LogP contribution in [0.5, 0.6) is 5.75 Å². The van der Waals surface area contributed by atoms with E-state index in [9.17, 15) is 21.6 Å². The van der Waals surface area contributed by atoms with Gasteiger partial charge in [-0.2, -0.15) is 18.3 Å². The molecular weight excluding hydrogens is 461 g/mol. The Hall–Kier alpha value is -3.11. The molecule has 0 aliphatic carbocycles. The van der Waals surface area contributed by atoms with Gasteiger partial charge in [0.05, 0.1) is 22.6 Å². The van der Waals surface area contributed by atoms with Crippen LogP contribution in [-0.4, -0.2) is 31.6 Å². The van der Waals surface area contributed by atoms with Crippen molar-refractivity contribution in [2.45, 2.75) is 11.1 Å². The third-order valence-electron chi connectivity index (χ3n) is 4.72. The summed E-state index contributed by atoms with van der Waals surface area (Å²) >= 11 is 1.24. The van der Waals surface area contributed by atoms with Crippen LogP contribution in [0.25, 0.3) is 26.7 Å². The standard InChI is InChI=1S/C22H17F3N2O3S2/c1-30-18-9-4-3-8-16(18)27-17(13-21(26-27)22(23,24)25)20-11-10-19(31-20)14-6-5-7-15(12-14)32(2,28)29/h3-13H,1-2H3. The lowest BCUT2D eigenvalue weighted by atomic mass is 10.2. The summed E-state index contributed by atoms with van der Waals surface area (Å²) in [5.74, 6) is 0.378. The molecule has 32 heavy (non-hydrogen) atoms. The molecule has 166 valence electrons. The van der Waals surface area contributed by atoms with Gasteiger partial charge in [-0.25, -0.2) is 13.1 Å². The molecule has 0 saturated heterocycles. The molecule has 5 nitrogen and oxygen atoms in total. The lowest BCUT2D eigenvalue weighted by Gasteiger charge is -2.10. The molecule has 0 aliphatic heterocycles. The van der Waals surface area contributed by atoms with Crippen LogP contribution in [-0.2, 0) is 16.0 Å². The van der Waals surface area contributed by atoms with Crippen LogP contribution in [0.2, 0.25) is 0 Å². The Bertz CT molecular complexity index is 1390. The van der Waals surface area contributed by atoms with Crippen molar-refractivity contribution in [3.05, 3.63) is 72.4 Å². The van der Waals surface area contributed by atoms with Gasteiger partial charge in [-0.1, -0.05) is 24.3 Å². The summed E-state index contributed by atoms with van der Waals surface area (Å²) in [5.41, 5.74) is 0.253. The van der Waals surface area contributed by atoms with Crippen LogP contribution in [0.1, 0.15) is 5.69 Å². The molecule has 0 N–H and O–H groups in total. The topological polar surface area (TPSA) is 61.2 Å². The summed E-state index contributed by atoms with van der Waals surface area (Å²) in [6.07, 6.45) is -3.50. The normalized spacial score (nSPS) is 12.2. The number of aromatic nitrogens is 2. The second kappa shape index (κ2) is 8.10. The molecule has 0 amide bonds. The smallest absolute Gasteiger partial charge is 0.435 e. The van der Waals surface area contributed by atoms with Gasteiger partial charge in [0.2, 0.25) is 0 Å². The molecule has 0 radical (unpaired) electrons. The number of thiophene rings is 1. The Labute approximate surface area is 186 Å². The molecular formula is C22H17F3N2O3S2. The van der Waals surface area contributed by atoms with E-state index in [1.165, 1.54) is 29.2 Å². The Kier molecular flexibility index (Phi) is 5.59. The van der Waals surface area contributed by atoms with Gasteiger partial charge in [-0.3, -0.25) is 0 Å². The average Bonchev–Trinajstić information content (AvgIpc) is 3.40. The Morgan fingerprint density at radius 2 is 1.69 bits per heavy atom. The number of rotatable bonds is 5. The van der Waals surface area contributed by atoms with E-state index in [0.29, 0.717) is 26.8 Å². The first kappa shape index (κ1) is 22.1. The average molecular weight is 479 g/mol. The summed E-state index contributed by atoms with van der Waals surface area (Å²) in [4.78, 5) is 1.42. The Morgan fingerprint density at radius 1 is 0.969 bits per heavy atom. The van der Waals surface area contributed by atoms with Crippen molar-refractivity contribution in [2.75, 3.05) is 13.4 Å². The second-order valence-electron chi connectivity index (χ2n) is 6.96. The summed E-state index contributed by atoms with van der Waals surface area (Å²) < 4.78 is 70.7. The fraction of sp³-hybridized carbons (Fsp3) is 0.136. The van der Waals surface area contributed by atoms with Crippen molar-refractivity contribution in [1.29, 1.82) is 0 Å². The van der Waals surface area contributed by atoms with E-state index in [1.807, 2.05) is 0 Å². The van der Waals surface area contributed by atoms with Crippen molar-refractivity contribution in [3.63, 3.8) is 0 Å². The fourth-order valence-electron chi connectivity index (χ4n) is 3.19. The number of halogens is 3. The Balaban J connectivity index is 1.85. The van der Waals surface area contributed by atoms with Gasteiger partial charge >= 0.3 is 6.18 Å². The van der Waals surface area contributed by atoms with Crippen molar-refractivity contribution < 1.29 is 26.3 Å². The SMILES string of the molecule is COc1ccccc1-n1nc(C(F)(F)F)cc1-c1ccc(-c2cccc(S(C)(=O)=O)c2)s1. The predicted octanol–water partition coefficient (Wildman–Crippen LogP) is 5.70. The van der Waals surface area contributed by atoms with Gasteiger partial charge in [0.25, 0.3) is 0 Å². The monoisotopic (exact) mass is 478 g/mol. The van der Waals surface area contributed by atoms with Crippen molar-refractivity contribution in [1.82, 2.24) is 9.78 Å². The van der Waals surface area contributed by atoms with E-state index in [1.54, 1.807) is 54.6 Å². The third-order valence-corrected chi connectivity index (χ3v) is 6.99. The van der Waals surface area contributed by atoms with E-state index >= 15 is 0 Å². The highest BCUT2D eigenvalue weighted by molar-refractivity contribution is 7.90. The highest BCUT2D eigenvalue weighted by Gasteiger charge is 2.35. The lowest BCUT2D eigenvalue weighted by molar-refractivity contribution is -0.141. The zero-order chi connectivity index (χ0) is 23.1. The number of methoxy groups -OCH3 is 1. The minimum Gasteiger partial charge on any atom is -0.494 e. The number of nitrogens with zero attached hydrogens (tertiary/aromatic N) is 2. The maximum Gasteiger partial charge on any atom is 0.435 e. The summed E-state index contributed by atoms with van der Waals surface area (Å²) in [6.45, 7) is 0. The largest absolute Gasteiger partial charge is 0.494 e. The van der Waals surface area contributed by atoms with E-state index < -0.39 is 21.7 Å². The van der Waals surface area contributed by atoms with E-state index in [0.717, 1.165) is 12.3 Å². The number of hydrogen-bond donors (Lipinski definition) is 0. The number of ether oxygens (including phenoxy) is 1. The molecule has 4 aromatic rings. The van der Waals surface area contributed by atoms with Crippen LogP contribution in [0.3, 0.4) is 0 Å². The minimum absolute atomic E-state index is 0.170. The van der Waals surface area contributed by atoms with E-state index in [2.05, 4.69) is 5.10 Å². The molecule has 0 fully saturated rings. The molecule has 10 heteroatoms. The molecule has 0 aliphatic rings. The molecule has 0 saturated carbocycles. The van der Waals surface area contributed by atoms with Gasteiger partial charge in [-0.15, -0.1) is 11.3 Å². The molecule has 2 heterocycles. The molecule has 0 atom stereocenters. The van der Waals surface area contributed by atoms with E-state index in [-0.39, 0.29) is 10.6 Å². The number of para-hydroxylation sites is 2. The van der Waals surface area contributed by atoms with Gasteiger partial charge < -0.3 is 4.74 Å². The fourth-order valence-corrected chi connectivity index (χ4v) is 4.86. The molecule has 2 aromatic heterocycles. The highest BCUT2D eigenvalue weighted by atomic mass is 32.2. The van der Waals surface area contributed by atoms with Crippen molar-refractivity contribution in [3.8, 4) is 32.4 Å². The maximum atomic E-state index is 13.5. The lowest BCUT2D eigenvalue weighted by Crippen LogP contribution is -2.08. The van der Waals surface area contributed by atoms with Crippen LogP contribution in [0, 0.1) is 0 Å². The van der Waals surface area contributed by atoms with Crippen molar-refractivity contribution >= 4 is 21.2 Å². The molecule has 0 bridgehead atoms. The minimum atomic E-state index is -4.62. The number of benzene rings is 2. The first-order valence-electron chi connectivity index (χ1n) is 9.29. The first-order valence-corrected chi connectivity index (χ1v) is 12.0. The third kappa shape index (κ3) is 4.28. The zero-order valence-corrected chi connectivity index (χ0v) is 18.6. The Morgan fingerprint density at radius 3 is 2.38 bits per heavy atom. The predicted molar refractivity (Wildman–Crippen MR) is 117 cm³/mol. The van der Waals surface area contributed by atoms with Gasteiger partial charge in [0.15, 0.2) is 15.5 Å². The number of alkyl halides is 3.